The molecule has 2 nitrogen and oxygen atoms in total. The van der Waals surface area contributed by atoms with E-state index in [1.807, 2.05) is 24.3 Å². The van der Waals surface area contributed by atoms with Crippen LogP contribution in [0.5, 0.6) is 0 Å². The Bertz CT molecular complexity index is 402. The quantitative estimate of drug-likeness (QED) is 0.585. The van der Waals surface area contributed by atoms with Crippen molar-refractivity contribution in [3.05, 3.63) is 47.5 Å². The molecule has 1 aliphatic heterocycles. The molecular formula is C16H21NO. The molecule has 1 fully saturated rings. The average molecular weight is 243 g/mol. The molecular weight excluding hydrogens is 222 g/mol. The second-order valence-electron chi connectivity index (χ2n) is 5.12. The molecule has 1 aromatic rings. The van der Waals surface area contributed by atoms with Gasteiger partial charge in [-0.2, -0.15) is 0 Å². The van der Waals surface area contributed by atoms with Crippen molar-refractivity contribution in [3.63, 3.8) is 0 Å². The first-order chi connectivity index (χ1) is 8.78. The molecule has 0 atom stereocenters. The Kier molecular flexibility index (Phi) is 4.71. The van der Waals surface area contributed by atoms with Crippen molar-refractivity contribution < 1.29 is 4.79 Å². The van der Waals surface area contributed by atoms with Gasteiger partial charge in [0.05, 0.1) is 0 Å². The van der Waals surface area contributed by atoms with Crippen LogP contribution in [0.25, 0.3) is 0 Å². The van der Waals surface area contributed by atoms with Gasteiger partial charge in [0.15, 0.2) is 0 Å². The average Bonchev–Trinajstić information content (AvgIpc) is 2.40. The molecule has 2 heteroatoms. The first-order valence-electron chi connectivity index (χ1n) is 6.71. The van der Waals surface area contributed by atoms with Crippen LogP contribution in [0.3, 0.4) is 0 Å². The number of hydrogen-bond acceptors (Lipinski definition) is 2. The lowest BCUT2D eigenvalue weighted by molar-refractivity contribution is 0.112. The highest BCUT2D eigenvalue weighted by atomic mass is 16.1. The van der Waals surface area contributed by atoms with Crippen LogP contribution in [0.1, 0.15) is 35.2 Å². The Hall–Kier alpha value is -1.41. The van der Waals surface area contributed by atoms with Gasteiger partial charge in [-0.3, -0.25) is 9.69 Å². The van der Waals surface area contributed by atoms with Crippen LogP contribution in [0.15, 0.2) is 36.4 Å². The van der Waals surface area contributed by atoms with Crippen molar-refractivity contribution in [2.75, 3.05) is 19.6 Å². The zero-order valence-electron chi connectivity index (χ0n) is 10.9. The normalized spacial score (nSPS) is 16.4. The molecule has 1 aliphatic rings. The molecule has 0 unspecified atom stereocenters. The van der Waals surface area contributed by atoms with Gasteiger partial charge in [0, 0.05) is 12.1 Å². The minimum Gasteiger partial charge on any atom is -0.299 e. The summed E-state index contributed by atoms with van der Waals surface area (Å²) in [5.41, 5.74) is 3.23. The van der Waals surface area contributed by atoms with Gasteiger partial charge in [-0.25, -0.2) is 0 Å². The number of hydrogen-bond donors (Lipinski definition) is 0. The largest absolute Gasteiger partial charge is 0.299 e. The number of nitrogens with zero attached hydrogens (tertiary/aromatic N) is 1. The maximum atomic E-state index is 10.6. The summed E-state index contributed by atoms with van der Waals surface area (Å²) in [6.45, 7) is 7.61. The SMILES string of the molecule is C=C(Cc1ccc(C=O)cc1)CN1CCCCC1. The van der Waals surface area contributed by atoms with Gasteiger partial charge < -0.3 is 0 Å². The van der Waals surface area contributed by atoms with Gasteiger partial charge in [0.25, 0.3) is 0 Å². The molecule has 1 aromatic carbocycles. The second kappa shape index (κ2) is 6.50. The Labute approximate surface area is 109 Å². The van der Waals surface area contributed by atoms with Crippen LogP contribution in [0.2, 0.25) is 0 Å². The molecule has 0 spiro atoms. The van der Waals surface area contributed by atoms with Crippen molar-refractivity contribution in [1.82, 2.24) is 4.90 Å². The summed E-state index contributed by atoms with van der Waals surface area (Å²) in [6, 6.07) is 7.78. The maximum absolute atomic E-state index is 10.6. The molecule has 0 N–H and O–H groups in total. The third kappa shape index (κ3) is 3.81. The molecule has 0 bridgehead atoms. The van der Waals surface area contributed by atoms with Crippen LogP contribution in [0.4, 0.5) is 0 Å². The molecule has 0 saturated carbocycles. The Morgan fingerprint density at radius 1 is 1.17 bits per heavy atom. The van der Waals surface area contributed by atoms with E-state index in [-0.39, 0.29) is 0 Å². The monoisotopic (exact) mass is 243 g/mol. The smallest absolute Gasteiger partial charge is 0.150 e. The van der Waals surface area contributed by atoms with Crippen molar-refractivity contribution in [3.8, 4) is 0 Å². The third-order valence-corrected chi connectivity index (χ3v) is 3.47. The van der Waals surface area contributed by atoms with E-state index in [1.54, 1.807) is 0 Å². The molecule has 0 amide bonds. The van der Waals surface area contributed by atoms with Gasteiger partial charge in [-0.1, -0.05) is 42.8 Å². The highest BCUT2D eigenvalue weighted by Gasteiger charge is 2.10. The molecule has 96 valence electrons. The summed E-state index contributed by atoms with van der Waals surface area (Å²) in [5, 5.41) is 0. The zero-order chi connectivity index (χ0) is 12.8. The van der Waals surface area contributed by atoms with E-state index >= 15 is 0 Å². The predicted octanol–water partition coefficient (Wildman–Crippen LogP) is 3.08. The van der Waals surface area contributed by atoms with Crippen LogP contribution < -0.4 is 0 Å². The lowest BCUT2D eigenvalue weighted by Crippen LogP contribution is -2.31. The highest BCUT2D eigenvalue weighted by Crippen LogP contribution is 2.13. The fourth-order valence-corrected chi connectivity index (χ4v) is 2.49. The fraction of sp³-hybridized carbons (Fsp3) is 0.438. The predicted molar refractivity (Wildman–Crippen MR) is 75.0 cm³/mol. The van der Waals surface area contributed by atoms with E-state index < -0.39 is 0 Å². The summed E-state index contributed by atoms with van der Waals surface area (Å²) < 4.78 is 0. The number of piperidine rings is 1. The highest BCUT2D eigenvalue weighted by molar-refractivity contribution is 5.74. The minimum atomic E-state index is 0.736. The van der Waals surface area contributed by atoms with E-state index in [0.717, 1.165) is 24.8 Å². The van der Waals surface area contributed by atoms with Crippen molar-refractivity contribution >= 4 is 6.29 Å². The van der Waals surface area contributed by atoms with Crippen LogP contribution >= 0.6 is 0 Å². The standard InChI is InChI=1S/C16H21NO/c1-14(12-17-9-3-2-4-10-17)11-15-5-7-16(13-18)8-6-15/h5-8,13H,1-4,9-12H2. The lowest BCUT2D eigenvalue weighted by atomic mass is 10.0. The number of aldehydes is 1. The van der Waals surface area contributed by atoms with E-state index in [0.29, 0.717) is 0 Å². The van der Waals surface area contributed by atoms with E-state index in [1.165, 1.54) is 43.5 Å². The molecule has 0 radical (unpaired) electrons. The van der Waals surface area contributed by atoms with Crippen LogP contribution in [-0.4, -0.2) is 30.8 Å². The number of benzene rings is 1. The van der Waals surface area contributed by atoms with E-state index in [4.69, 9.17) is 0 Å². The van der Waals surface area contributed by atoms with Crippen molar-refractivity contribution in [2.24, 2.45) is 0 Å². The summed E-state index contributed by atoms with van der Waals surface area (Å²) in [5.74, 6) is 0. The Balaban J connectivity index is 1.83. The molecule has 1 heterocycles. The summed E-state index contributed by atoms with van der Waals surface area (Å²) in [7, 11) is 0. The second-order valence-corrected chi connectivity index (χ2v) is 5.12. The number of carbonyl (C=O) groups excluding carboxylic acids is 1. The Morgan fingerprint density at radius 2 is 1.83 bits per heavy atom. The topological polar surface area (TPSA) is 20.3 Å². The number of likely N-dealkylation sites (tertiary alicyclic amines) is 1. The van der Waals surface area contributed by atoms with Gasteiger partial charge in [0.2, 0.25) is 0 Å². The third-order valence-electron chi connectivity index (χ3n) is 3.47. The van der Waals surface area contributed by atoms with E-state index in [2.05, 4.69) is 11.5 Å². The van der Waals surface area contributed by atoms with Gasteiger partial charge in [0.1, 0.15) is 6.29 Å². The summed E-state index contributed by atoms with van der Waals surface area (Å²) >= 11 is 0. The van der Waals surface area contributed by atoms with Crippen molar-refractivity contribution in [2.45, 2.75) is 25.7 Å². The molecule has 0 aliphatic carbocycles. The van der Waals surface area contributed by atoms with E-state index in [9.17, 15) is 4.79 Å². The van der Waals surface area contributed by atoms with Crippen molar-refractivity contribution in [1.29, 1.82) is 0 Å². The number of carbonyl (C=O) groups is 1. The molecule has 0 aromatic heterocycles. The van der Waals surface area contributed by atoms with Gasteiger partial charge >= 0.3 is 0 Å². The first-order valence-corrected chi connectivity index (χ1v) is 6.71. The summed E-state index contributed by atoms with van der Waals surface area (Å²) in [4.78, 5) is 13.1. The minimum absolute atomic E-state index is 0.736. The van der Waals surface area contributed by atoms with Gasteiger partial charge in [-0.15, -0.1) is 0 Å². The molecule has 18 heavy (non-hydrogen) atoms. The molecule has 1 saturated heterocycles. The summed E-state index contributed by atoms with van der Waals surface area (Å²) in [6.07, 6.45) is 5.81. The molecule has 2 rings (SSSR count). The van der Waals surface area contributed by atoms with Gasteiger partial charge in [-0.05, 0) is 37.9 Å². The Morgan fingerprint density at radius 3 is 2.44 bits per heavy atom. The fourth-order valence-electron chi connectivity index (χ4n) is 2.49. The maximum Gasteiger partial charge on any atom is 0.150 e. The zero-order valence-corrected chi connectivity index (χ0v) is 10.9. The van der Waals surface area contributed by atoms with Crippen LogP contribution in [0, 0.1) is 0 Å². The van der Waals surface area contributed by atoms with Crippen LogP contribution in [-0.2, 0) is 6.42 Å². The lowest BCUT2D eigenvalue weighted by Gasteiger charge is -2.27. The first kappa shape index (κ1) is 13.0. The number of rotatable bonds is 5.